The highest BCUT2D eigenvalue weighted by Gasteiger charge is 2.64. The summed E-state index contributed by atoms with van der Waals surface area (Å²) in [6, 6.07) is 20.5. The van der Waals surface area contributed by atoms with Crippen LogP contribution in [0.5, 0.6) is 5.75 Å². The molecule has 0 radical (unpaired) electrons. The first-order chi connectivity index (χ1) is 31.6. The second-order valence-electron chi connectivity index (χ2n) is 20.4. The maximum Gasteiger partial charge on any atom is 0.278 e. The fraction of sp³-hybridized carbons (Fsp3) is 0.510. The molecule has 17 heteroatoms. The standard InChI is InChI=1S/C49H55ClN10O6/c1-48(2)46(49(3,4)47(48)66-36-11-7-30(22-51)38(50)21-36)53-42(62)29-5-8-32(9-6-29)59-27-34-19-35(59)26-57(34)23-28-15-17-56(18-16-28)44(64)31-24-58(25-31)33-10-12-39-37(20-33)45(65)60(55-54-39)40-13-14-41(61)52-43(40)63/h5-12,20-21,28,31,34-35,40,46-47H,13-19,23-27H2,1-4H3,(H,53,62)(H,52,61,63). The Morgan fingerprint density at radius 3 is 2.30 bits per heavy atom. The number of aromatic nitrogens is 3. The zero-order valence-electron chi connectivity index (χ0n) is 37.7. The monoisotopic (exact) mass is 914 g/mol. The quantitative estimate of drug-likeness (QED) is 0.212. The van der Waals surface area contributed by atoms with Crippen LogP contribution in [0.3, 0.4) is 0 Å². The van der Waals surface area contributed by atoms with Crippen molar-refractivity contribution in [1.29, 1.82) is 5.26 Å². The van der Waals surface area contributed by atoms with E-state index in [1.807, 2.05) is 23.1 Å². The number of nitriles is 1. The smallest absolute Gasteiger partial charge is 0.278 e. The lowest BCUT2D eigenvalue weighted by Crippen LogP contribution is -2.74. The van der Waals surface area contributed by atoms with Crippen LogP contribution in [-0.2, 0) is 14.4 Å². The molecule has 6 heterocycles. The van der Waals surface area contributed by atoms with Gasteiger partial charge in [0.2, 0.25) is 11.8 Å². The maximum absolute atomic E-state index is 13.6. The van der Waals surface area contributed by atoms with E-state index in [0.717, 1.165) is 68.0 Å². The van der Waals surface area contributed by atoms with E-state index in [9.17, 15) is 29.2 Å². The summed E-state index contributed by atoms with van der Waals surface area (Å²) in [5.74, 6) is 0.208. The number of anilines is 2. The van der Waals surface area contributed by atoms with Crippen molar-refractivity contribution in [3.63, 3.8) is 0 Å². The molecule has 5 aliphatic heterocycles. The molecule has 3 unspecified atom stereocenters. The number of carbonyl (C=O) groups excluding carboxylic acids is 4. The molecule has 4 amide bonds. The molecule has 1 aromatic heterocycles. The largest absolute Gasteiger partial charge is 0.489 e. The summed E-state index contributed by atoms with van der Waals surface area (Å²) in [5, 5.41) is 23.7. The lowest BCUT2D eigenvalue weighted by molar-refractivity contribution is -0.164. The molecular formula is C49H55ClN10O6. The molecule has 16 nitrogen and oxygen atoms in total. The van der Waals surface area contributed by atoms with E-state index in [4.69, 9.17) is 16.3 Å². The number of amides is 4. The summed E-state index contributed by atoms with van der Waals surface area (Å²) < 4.78 is 7.47. The first-order valence-corrected chi connectivity index (χ1v) is 23.5. The van der Waals surface area contributed by atoms with Crippen LogP contribution >= 0.6 is 11.6 Å². The van der Waals surface area contributed by atoms with Gasteiger partial charge in [-0.05, 0) is 86.2 Å². The van der Waals surface area contributed by atoms with Gasteiger partial charge in [0.1, 0.15) is 29.5 Å². The molecule has 344 valence electrons. The molecule has 2 N–H and O–H groups in total. The van der Waals surface area contributed by atoms with Gasteiger partial charge in [-0.3, -0.25) is 34.2 Å². The van der Waals surface area contributed by atoms with E-state index in [0.29, 0.717) is 63.9 Å². The first-order valence-electron chi connectivity index (χ1n) is 23.1. The van der Waals surface area contributed by atoms with Crippen LogP contribution in [-0.4, -0.2) is 118 Å². The minimum atomic E-state index is -0.887. The number of rotatable bonds is 10. The number of piperidine rings is 2. The predicted molar refractivity (Wildman–Crippen MR) is 247 cm³/mol. The Labute approximate surface area is 388 Å². The van der Waals surface area contributed by atoms with Gasteiger partial charge in [-0.2, -0.15) is 9.94 Å². The van der Waals surface area contributed by atoms with Gasteiger partial charge in [0.25, 0.3) is 17.4 Å². The first kappa shape index (κ1) is 43.8. The fourth-order valence-corrected chi connectivity index (χ4v) is 12.2. The van der Waals surface area contributed by atoms with Crippen molar-refractivity contribution >= 4 is 57.5 Å². The number of halogens is 1. The number of hydrogen-bond donors (Lipinski definition) is 2. The van der Waals surface area contributed by atoms with Crippen LogP contribution in [0.15, 0.2) is 65.5 Å². The minimum absolute atomic E-state index is 0.102. The second-order valence-corrected chi connectivity index (χ2v) is 20.8. The molecule has 5 saturated heterocycles. The molecule has 10 rings (SSSR count). The number of fused-ring (bicyclic) bond motifs is 3. The molecule has 1 saturated carbocycles. The zero-order valence-corrected chi connectivity index (χ0v) is 38.5. The lowest BCUT2D eigenvalue weighted by Gasteiger charge is -2.63. The normalized spacial score (nSPS) is 26.1. The molecule has 3 atom stereocenters. The van der Waals surface area contributed by atoms with Gasteiger partial charge >= 0.3 is 0 Å². The molecule has 6 fully saturated rings. The number of ether oxygens (including phenoxy) is 1. The van der Waals surface area contributed by atoms with Gasteiger partial charge in [-0.15, -0.1) is 5.10 Å². The van der Waals surface area contributed by atoms with Crippen LogP contribution in [0.1, 0.15) is 81.8 Å². The van der Waals surface area contributed by atoms with Gasteiger partial charge in [0, 0.05) is 104 Å². The Hall–Kier alpha value is -6.05. The van der Waals surface area contributed by atoms with Crippen molar-refractivity contribution in [3.8, 4) is 11.8 Å². The van der Waals surface area contributed by atoms with Gasteiger partial charge in [0.05, 0.1) is 21.9 Å². The Morgan fingerprint density at radius 1 is 0.909 bits per heavy atom. The number of hydrogen-bond acceptors (Lipinski definition) is 12. The fourth-order valence-electron chi connectivity index (χ4n) is 12.0. The van der Waals surface area contributed by atoms with Crippen LogP contribution in [0.2, 0.25) is 5.02 Å². The van der Waals surface area contributed by atoms with Crippen molar-refractivity contribution in [3.05, 3.63) is 87.2 Å². The highest BCUT2D eigenvalue weighted by atomic mass is 35.5. The van der Waals surface area contributed by atoms with Crippen molar-refractivity contribution < 1.29 is 23.9 Å². The molecule has 6 aliphatic rings. The van der Waals surface area contributed by atoms with Crippen molar-refractivity contribution in [2.75, 3.05) is 55.6 Å². The number of piperazine rings is 1. The van der Waals surface area contributed by atoms with Gasteiger partial charge in [-0.1, -0.05) is 44.5 Å². The third-order valence-electron chi connectivity index (χ3n) is 15.4. The molecule has 0 spiro atoms. The Morgan fingerprint density at radius 2 is 1.64 bits per heavy atom. The highest BCUT2D eigenvalue weighted by Crippen LogP contribution is 2.55. The highest BCUT2D eigenvalue weighted by molar-refractivity contribution is 6.31. The molecule has 4 aromatic rings. The van der Waals surface area contributed by atoms with E-state index in [1.54, 1.807) is 30.3 Å². The summed E-state index contributed by atoms with van der Waals surface area (Å²) in [4.78, 5) is 73.9. The third-order valence-corrected chi connectivity index (χ3v) is 15.7. The van der Waals surface area contributed by atoms with Crippen LogP contribution in [0.25, 0.3) is 10.9 Å². The van der Waals surface area contributed by atoms with Gasteiger partial charge in [-0.25, -0.2) is 0 Å². The number of imide groups is 1. The van der Waals surface area contributed by atoms with E-state index in [-0.39, 0.29) is 59.5 Å². The van der Waals surface area contributed by atoms with Crippen molar-refractivity contribution in [2.24, 2.45) is 22.7 Å². The summed E-state index contributed by atoms with van der Waals surface area (Å²) in [5.41, 5.74) is 2.26. The summed E-state index contributed by atoms with van der Waals surface area (Å²) in [7, 11) is 0. The van der Waals surface area contributed by atoms with Crippen molar-refractivity contribution in [2.45, 2.75) is 90.1 Å². The number of nitrogens with zero attached hydrogens (tertiary/aromatic N) is 8. The summed E-state index contributed by atoms with van der Waals surface area (Å²) in [6.07, 6.45) is 3.25. The molecule has 1 aliphatic carbocycles. The Balaban J connectivity index is 0.670. The van der Waals surface area contributed by atoms with Crippen molar-refractivity contribution in [1.82, 2.24) is 35.4 Å². The molecule has 3 aromatic carbocycles. The van der Waals surface area contributed by atoms with E-state index in [2.05, 4.69) is 81.5 Å². The van der Waals surface area contributed by atoms with Gasteiger partial charge in [0.15, 0.2) is 0 Å². The Kier molecular flexibility index (Phi) is 11.1. The maximum atomic E-state index is 13.6. The second kappa shape index (κ2) is 16.7. The minimum Gasteiger partial charge on any atom is -0.489 e. The summed E-state index contributed by atoms with van der Waals surface area (Å²) >= 11 is 6.27. The summed E-state index contributed by atoms with van der Waals surface area (Å²) in [6.45, 7) is 14.1. The topological polar surface area (TPSA) is 186 Å². The number of carbonyl (C=O) groups is 4. The molecule has 66 heavy (non-hydrogen) atoms. The average molecular weight is 915 g/mol. The third kappa shape index (κ3) is 7.73. The number of benzene rings is 3. The number of nitrogens with one attached hydrogen (secondary N) is 2. The van der Waals surface area contributed by atoms with Gasteiger partial charge < -0.3 is 24.8 Å². The molecule has 2 bridgehead atoms. The van der Waals surface area contributed by atoms with E-state index < -0.39 is 17.5 Å². The SMILES string of the molecule is CC1(C)C(NC(=O)c2ccc(N3CC4CC3CN4CC3CCN(C(=O)C4CN(c5ccc6nnn(C7CCC(=O)NC7=O)c(=O)c6c5)C4)CC3)cc2)C(C)(C)C1Oc1ccc(C#N)c(Cl)c1. The molecular weight excluding hydrogens is 860 g/mol. The number of likely N-dealkylation sites (tertiary alicyclic amines) is 2. The van der Waals surface area contributed by atoms with Crippen LogP contribution in [0, 0.1) is 34.0 Å². The van der Waals surface area contributed by atoms with Crippen LogP contribution < -0.4 is 30.7 Å². The van der Waals surface area contributed by atoms with E-state index in [1.165, 1.54) is 0 Å². The predicted octanol–water partition coefficient (Wildman–Crippen LogP) is 4.54. The Bertz CT molecular complexity index is 2710. The average Bonchev–Trinajstić information content (AvgIpc) is 3.89. The van der Waals surface area contributed by atoms with Crippen LogP contribution in [0.4, 0.5) is 11.4 Å². The zero-order chi connectivity index (χ0) is 46.2. The van der Waals surface area contributed by atoms with E-state index >= 15 is 0 Å². The lowest BCUT2D eigenvalue weighted by atomic mass is 9.49.